The zero-order chi connectivity index (χ0) is 15.8. The van der Waals surface area contributed by atoms with Crippen LogP contribution in [0.3, 0.4) is 0 Å². The first-order valence-electron chi connectivity index (χ1n) is 5.88. The van der Waals surface area contributed by atoms with E-state index in [2.05, 4.69) is 5.32 Å². The van der Waals surface area contributed by atoms with E-state index in [0.29, 0.717) is 6.07 Å². The third-order valence-corrected chi connectivity index (χ3v) is 2.92. The fraction of sp³-hybridized carbons (Fsp3) is 0.143. The van der Waals surface area contributed by atoms with E-state index in [1.165, 1.54) is 19.1 Å². The van der Waals surface area contributed by atoms with Crippen molar-refractivity contribution >= 4 is 17.1 Å². The monoisotopic (exact) mass is 302 g/mol. The Hall–Kier alpha value is -2.31. The van der Waals surface area contributed by atoms with E-state index in [1.807, 2.05) is 0 Å². The van der Waals surface area contributed by atoms with Crippen LogP contribution in [0.15, 0.2) is 30.3 Å². The maximum absolute atomic E-state index is 13.3. The van der Waals surface area contributed by atoms with E-state index in [4.69, 9.17) is 5.73 Å². The van der Waals surface area contributed by atoms with Crippen molar-refractivity contribution in [3.63, 3.8) is 0 Å². The van der Waals surface area contributed by atoms with Crippen LogP contribution in [0.5, 0.6) is 0 Å². The number of hydrogen-bond acceptors (Lipinski definition) is 2. The largest absolute Gasteiger partial charge is 0.416 e. The van der Waals surface area contributed by atoms with Gasteiger partial charge in [0.25, 0.3) is 0 Å². The van der Waals surface area contributed by atoms with Gasteiger partial charge in [-0.05, 0) is 30.7 Å². The summed E-state index contributed by atoms with van der Waals surface area (Å²) >= 11 is 0. The fourth-order valence-corrected chi connectivity index (χ4v) is 1.85. The minimum atomic E-state index is -4.51. The maximum atomic E-state index is 13.3. The first-order chi connectivity index (χ1) is 9.68. The predicted molar refractivity (Wildman–Crippen MR) is 70.2 cm³/mol. The van der Waals surface area contributed by atoms with Crippen molar-refractivity contribution in [1.82, 2.24) is 0 Å². The second-order valence-electron chi connectivity index (χ2n) is 4.50. The standard InChI is InChI=1S/C14H11F5N2/c1-7-2-3-9(6-10(7)14(17,18)19)21-12-5-8(15)4-11(16)13(12)20/h2-6,21H,20H2,1H3. The average Bonchev–Trinajstić information content (AvgIpc) is 2.36. The van der Waals surface area contributed by atoms with Gasteiger partial charge in [0.2, 0.25) is 0 Å². The van der Waals surface area contributed by atoms with Crippen molar-refractivity contribution in [3.8, 4) is 0 Å². The molecule has 0 aromatic heterocycles. The normalized spacial score (nSPS) is 11.5. The number of halogens is 5. The molecule has 0 unspecified atom stereocenters. The van der Waals surface area contributed by atoms with Crippen LogP contribution in [0, 0.1) is 18.6 Å². The molecule has 0 aliphatic heterocycles. The number of nitrogens with two attached hydrogens (primary N) is 1. The summed E-state index contributed by atoms with van der Waals surface area (Å²) < 4.78 is 64.8. The lowest BCUT2D eigenvalue weighted by molar-refractivity contribution is -0.138. The minimum absolute atomic E-state index is 0.0321. The highest BCUT2D eigenvalue weighted by atomic mass is 19.4. The van der Waals surface area contributed by atoms with Gasteiger partial charge in [-0.3, -0.25) is 0 Å². The number of nitrogen functional groups attached to an aromatic ring is 1. The smallest absolute Gasteiger partial charge is 0.395 e. The van der Waals surface area contributed by atoms with Gasteiger partial charge in [0.15, 0.2) is 5.82 Å². The van der Waals surface area contributed by atoms with Crippen LogP contribution in [0.4, 0.5) is 39.0 Å². The molecule has 2 nitrogen and oxygen atoms in total. The summed E-state index contributed by atoms with van der Waals surface area (Å²) in [6.07, 6.45) is -4.51. The summed E-state index contributed by atoms with van der Waals surface area (Å²) in [5.74, 6) is -1.87. The summed E-state index contributed by atoms with van der Waals surface area (Å²) in [5.41, 5.74) is 4.17. The molecular weight excluding hydrogens is 291 g/mol. The molecule has 2 rings (SSSR count). The summed E-state index contributed by atoms with van der Waals surface area (Å²) in [6, 6.07) is 4.99. The highest BCUT2D eigenvalue weighted by molar-refractivity contribution is 5.73. The third-order valence-electron chi connectivity index (χ3n) is 2.92. The van der Waals surface area contributed by atoms with Crippen LogP contribution in [0.2, 0.25) is 0 Å². The second kappa shape index (κ2) is 5.23. The molecule has 21 heavy (non-hydrogen) atoms. The van der Waals surface area contributed by atoms with Crippen molar-refractivity contribution in [2.75, 3.05) is 11.1 Å². The molecule has 2 aromatic rings. The van der Waals surface area contributed by atoms with Crippen LogP contribution in [0.1, 0.15) is 11.1 Å². The molecule has 0 saturated carbocycles. The molecule has 0 aliphatic rings. The zero-order valence-corrected chi connectivity index (χ0v) is 10.9. The van der Waals surface area contributed by atoms with Gasteiger partial charge in [-0.15, -0.1) is 0 Å². The summed E-state index contributed by atoms with van der Waals surface area (Å²) in [5, 5.41) is 2.49. The van der Waals surface area contributed by atoms with Gasteiger partial charge in [-0.25, -0.2) is 8.78 Å². The van der Waals surface area contributed by atoms with Crippen LogP contribution in [-0.4, -0.2) is 0 Å². The number of aryl methyl sites for hydroxylation is 1. The molecule has 2 aromatic carbocycles. The Labute approximate surface area is 117 Å². The number of hydrogen-bond donors (Lipinski definition) is 2. The molecule has 7 heteroatoms. The minimum Gasteiger partial charge on any atom is -0.395 e. The Kier molecular flexibility index (Phi) is 3.76. The molecule has 0 radical (unpaired) electrons. The van der Waals surface area contributed by atoms with E-state index in [0.717, 1.165) is 12.1 Å². The van der Waals surface area contributed by atoms with Crippen molar-refractivity contribution in [2.24, 2.45) is 0 Å². The molecule has 112 valence electrons. The molecule has 0 bridgehead atoms. The summed E-state index contributed by atoms with van der Waals surface area (Å²) in [6.45, 7) is 1.32. The maximum Gasteiger partial charge on any atom is 0.416 e. The van der Waals surface area contributed by atoms with Gasteiger partial charge in [-0.1, -0.05) is 6.07 Å². The van der Waals surface area contributed by atoms with Crippen LogP contribution < -0.4 is 11.1 Å². The van der Waals surface area contributed by atoms with E-state index in [1.54, 1.807) is 0 Å². The van der Waals surface area contributed by atoms with Gasteiger partial charge < -0.3 is 11.1 Å². The Balaban J connectivity index is 2.41. The third kappa shape index (κ3) is 3.24. The first kappa shape index (κ1) is 15.1. The fourth-order valence-electron chi connectivity index (χ4n) is 1.85. The Morgan fingerprint density at radius 2 is 1.71 bits per heavy atom. The van der Waals surface area contributed by atoms with Gasteiger partial charge in [-0.2, -0.15) is 13.2 Å². The van der Waals surface area contributed by atoms with Crippen molar-refractivity contribution in [3.05, 3.63) is 53.1 Å². The number of alkyl halides is 3. The SMILES string of the molecule is Cc1ccc(Nc2cc(F)cc(F)c2N)cc1C(F)(F)F. The second-order valence-corrected chi connectivity index (χ2v) is 4.50. The highest BCUT2D eigenvalue weighted by Crippen LogP contribution is 2.35. The number of anilines is 3. The predicted octanol–water partition coefficient (Wildman–Crippen LogP) is 4.62. The quantitative estimate of drug-likeness (QED) is 0.627. The lowest BCUT2D eigenvalue weighted by Crippen LogP contribution is -2.08. The van der Waals surface area contributed by atoms with Crippen molar-refractivity contribution < 1.29 is 22.0 Å². The average molecular weight is 302 g/mol. The first-order valence-corrected chi connectivity index (χ1v) is 5.88. The molecule has 0 heterocycles. The number of rotatable bonds is 2. The zero-order valence-electron chi connectivity index (χ0n) is 10.9. The number of nitrogens with one attached hydrogen (secondary N) is 1. The van der Waals surface area contributed by atoms with Gasteiger partial charge in [0.05, 0.1) is 16.9 Å². The Bertz CT molecular complexity index is 680. The molecule has 0 amide bonds. The van der Waals surface area contributed by atoms with Gasteiger partial charge >= 0.3 is 6.18 Å². The van der Waals surface area contributed by atoms with Crippen molar-refractivity contribution in [1.29, 1.82) is 0 Å². The molecule has 0 aliphatic carbocycles. The Morgan fingerprint density at radius 1 is 1.05 bits per heavy atom. The highest BCUT2D eigenvalue weighted by Gasteiger charge is 2.32. The van der Waals surface area contributed by atoms with Gasteiger partial charge in [0, 0.05) is 11.8 Å². The lowest BCUT2D eigenvalue weighted by atomic mass is 10.1. The van der Waals surface area contributed by atoms with E-state index >= 15 is 0 Å². The number of benzene rings is 2. The van der Waals surface area contributed by atoms with Crippen molar-refractivity contribution in [2.45, 2.75) is 13.1 Å². The molecule has 3 N–H and O–H groups in total. The Morgan fingerprint density at radius 3 is 2.33 bits per heavy atom. The molecule has 0 saturated heterocycles. The molecule has 0 spiro atoms. The van der Waals surface area contributed by atoms with E-state index in [-0.39, 0.29) is 22.6 Å². The van der Waals surface area contributed by atoms with E-state index < -0.39 is 23.4 Å². The molecule has 0 atom stereocenters. The summed E-state index contributed by atoms with van der Waals surface area (Å²) in [7, 11) is 0. The molecule has 0 fully saturated rings. The lowest BCUT2D eigenvalue weighted by Gasteiger charge is -2.14. The van der Waals surface area contributed by atoms with Crippen LogP contribution >= 0.6 is 0 Å². The van der Waals surface area contributed by atoms with E-state index in [9.17, 15) is 22.0 Å². The van der Waals surface area contributed by atoms with Crippen LogP contribution in [-0.2, 0) is 6.18 Å². The van der Waals surface area contributed by atoms with Gasteiger partial charge in [0.1, 0.15) is 5.82 Å². The van der Waals surface area contributed by atoms with Crippen LogP contribution in [0.25, 0.3) is 0 Å². The molecular formula is C14H11F5N2. The summed E-state index contributed by atoms with van der Waals surface area (Å²) in [4.78, 5) is 0. The topological polar surface area (TPSA) is 38.0 Å².